The second kappa shape index (κ2) is 5.28. The van der Waals surface area contributed by atoms with Gasteiger partial charge in [0.1, 0.15) is 0 Å². The van der Waals surface area contributed by atoms with Crippen LogP contribution in [0.25, 0.3) is 0 Å². The Bertz CT molecular complexity index is 545. The first-order chi connectivity index (χ1) is 8.41. The highest BCUT2D eigenvalue weighted by Gasteiger charge is 2.29. The average molecular weight is 333 g/mol. The summed E-state index contributed by atoms with van der Waals surface area (Å²) >= 11 is 3.33. The van der Waals surface area contributed by atoms with Gasteiger partial charge in [-0.1, -0.05) is 6.07 Å². The summed E-state index contributed by atoms with van der Waals surface area (Å²) in [6, 6.07) is 5.58. The standard InChI is InChI=1S/C12H17BrN2O2S/c1-9-3-4-11(13)12(7-9)18(16,17)15-6-5-14-10(2)8-15/h3-4,7,10,14H,5-6,8H2,1-2H3. The molecule has 1 aromatic rings. The summed E-state index contributed by atoms with van der Waals surface area (Å²) in [6.45, 7) is 5.62. The normalized spacial score (nSPS) is 22.1. The topological polar surface area (TPSA) is 49.4 Å². The number of nitrogens with zero attached hydrogens (tertiary/aromatic N) is 1. The molecule has 0 radical (unpaired) electrons. The summed E-state index contributed by atoms with van der Waals surface area (Å²) in [7, 11) is -3.40. The lowest BCUT2D eigenvalue weighted by Crippen LogP contribution is -2.51. The van der Waals surface area contributed by atoms with Crippen LogP contribution in [0.4, 0.5) is 0 Å². The maximum atomic E-state index is 12.6. The van der Waals surface area contributed by atoms with E-state index in [2.05, 4.69) is 21.2 Å². The van der Waals surface area contributed by atoms with Crippen molar-refractivity contribution < 1.29 is 8.42 Å². The minimum atomic E-state index is -3.40. The Balaban J connectivity index is 2.38. The van der Waals surface area contributed by atoms with Crippen LogP contribution in [0, 0.1) is 6.92 Å². The third-order valence-corrected chi connectivity index (χ3v) is 5.90. The van der Waals surface area contributed by atoms with Gasteiger partial charge >= 0.3 is 0 Å². The van der Waals surface area contributed by atoms with Crippen LogP contribution in [-0.4, -0.2) is 38.4 Å². The molecule has 0 saturated carbocycles. The third-order valence-electron chi connectivity index (χ3n) is 3.04. The highest BCUT2D eigenvalue weighted by molar-refractivity contribution is 9.10. The van der Waals surface area contributed by atoms with Crippen LogP contribution in [0.3, 0.4) is 0 Å². The molecule has 2 rings (SSSR count). The fourth-order valence-electron chi connectivity index (χ4n) is 2.06. The first kappa shape index (κ1) is 14.0. The van der Waals surface area contributed by atoms with Gasteiger partial charge in [-0.25, -0.2) is 8.42 Å². The van der Waals surface area contributed by atoms with Crippen molar-refractivity contribution in [2.75, 3.05) is 19.6 Å². The number of aryl methyl sites for hydroxylation is 1. The Hall–Kier alpha value is -0.430. The summed E-state index contributed by atoms with van der Waals surface area (Å²) in [5.41, 5.74) is 0.944. The second-order valence-electron chi connectivity index (χ2n) is 4.65. The van der Waals surface area contributed by atoms with Crippen LogP contribution in [0.2, 0.25) is 0 Å². The maximum absolute atomic E-state index is 12.6. The molecule has 1 aromatic carbocycles. The van der Waals surface area contributed by atoms with E-state index in [0.29, 0.717) is 29.0 Å². The zero-order chi connectivity index (χ0) is 13.3. The Morgan fingerprint density at radius 3 is 2.83 bits per heavy atom. The summed E-state index contributed by atoms with van der Waals surface area (Å²) < 4.78 is 27.3. The van der Waals surface area contributed by atoms with Crippen molar-refractivity contribution in [1.29, 1.82) is 0 Å². The Morgan fingerprint density at radius 2 is 2.17 bits per heavy atom. The first-order valence-corrected chi connectivity index (χ1v) is 8.14. The van der Waals surface area contributed by atoms with Gasteiger partial charge in [-0.2, -0.15) is 4.31 Å². The minimum Gasteiger partial charge on any atom is -0.312 e. The van der Waals surface area contributed by atoms with E-state index in [1.165, 1.54) is 0 Å². The molecule has 0 aromatic heterocycles. The lowest BCUT2D eigenvalue weighted by molar-refractivity contribution is 0.310. The average Bonchev–Trinajstić information content (AvgIpc) is 2.32. The Kier molecular flexibility index (Phi) is 4.11. The van der Waals surface area contributed by atoms with Crippen molar-refractivity contribution in [3.63, 3.8) is 0 Å². The van der Waals surface area contributed by atoms with Crippen molar-refractivity contribution in [1.82, 2.24) is 9.62 Å². The van der Waals surface area contributed by atoms with Gasteiger partial charge in [0.15, 0.2) is 0 Å². The van der Waals surface area contributed by atoms with Crippen molar-refractivity contribution in [2.24, 2.45) is 0 Å². The molecule has 0 aliphatic carbocycles. The van der Waals surface area contributed by atoms with Gasteiger partial charge in [0, 0.05) is 30.1 Å². The van der Waals surface area contributed by atoms with Crippen molar-refractivity contribution in [3.05, 3.63) is 28.2 Å². The molecule has 1 atom stereocenters. The first-order valence-electron chi connectivity index (χ1n) is 5.91. The number of hydrogen-bond donors (Lipinski definition) is 1. The van der Waals surface area contributed by atoms with E-state index in [1.54, 1.807) is 16.4 Å². The van der Waals surface area contributed by atoms with Crippen molar-refractivity contribution in [3.8, 4) is 0 Å². The Labute approximate surface area is 117 Å². The number of halogens is 1. The zero-order valence-electron chi connectivity index (χ0n) is 10.5. The van der Waals surface area contributed by atoms with Crippen LogP contribution in [-0.2, 0) is 10.0 Å². The molecule has 4 nitrogen and oxygen atoms in total. The molecular formula is C12H17BrN2O2S. The molecule has 100 valence electrons. The molecule has 1 unspecified atom stereocenters. The highest BCUT2D eigenvalue weighted by atomic mass is 79.9. The van der Waals surface area contributed by atoms with Crippen LogP contribution in [0.15, 0.2) is 27.6 Å². The van der Waals surface area contributed by atoms with E-state index in [9.17, 15) is 8.42 Å². The molecule has 1 heterocycles. The molecule has 1 N–H and O–H groups in total. The van der Waals surface area contributed by atoms with E-state index in [4.69, 9.17) is 0 Å². The molecule has 1 aliphatic heterocycles. The molecule has 0 spiro atoms. The summed E-state index contributed by atoms with van der Waals surface area (Å²) in [5.74, 6) is 0. The van der Waals surface area contributed by atoms with Crippen molar-refractivity contribution >= 4 is 26.0 Å². The van der Waals surface area contributed by atoms with Gasteiger partial charge in [-0.05, 0) is 47.5 Å². The molecule has 6 heteroatoms. The van der Waals surface area contributed by atoms with Crippen molar-refractivity contribution in [2.45, 2.75) is 24.8 Å². The van der Waals surface area contributed by atoms with Gasteiger partial charge in [0.2, 0.25) is 10.0 Å². The predicted molar refractivity (Wildman–Crippen MR) is 75.1 cm³/mol. The molecule has 1 fully saturated rings. The van der Waals surface area contributed by atoms with Gasteiger partial charge in [0.25, 0.3) is 0 Å². The lowest BCUT2D eigenvalue weighted by Gasteiger charge is -2.31. The fraction of sp³-hybridized carbons (Fsp3) is 0.500. The molecule has 18 heavy (non-hydrogen) atoms. The van der Waals surface area contributed by atoms with Crippen LogP contribution in [0.1, 0.15) is 12.5 Å². The fourth-order valence-corrected chi connectivity index (χ4v) is 4.60. The number of rotatable bonds is 2. The van der Waals surface area contributed by atoms with Crippen LogP contribution >= 0.6 is 15.9 Å². The number of sulfonamides is 1. The summed E-state index contributed by atoms with van der Waals surface area (Å²) in [5, 5.41) is 3.24. The number of nitrogens with one attached hydrogen (secondary N) is 1. The number of hydrogen-bond acceptors (Lipinski definition) is 3. The maximum Gasteiger partial charge on any atom is 0.244 e. The van der Waals surface area contributed by atoms with Gasteiger partial charge in [-0.3, -0.25) is 0 Å². The smallest absolute Gasteiger partial charge is 0.244 e. The zero-order valence-corrected chi connectivity index (χ0v) is 12.9. The van der Waals surface area contributed by atoms with Gasteiger partial charge < -0.3 is 5.32 Å². The van der Waals surface area contributed by atoms with E-state index in [-0.39, 0.29) is 6.04 Å². The quantitative estimate of drug-likeness (QED) is 0.897. The largest absolute Gasteiger partial charge is 0.312 e. The Morgan fingerprint density at radius 1 is 1.44 bits per heavy atom. The molecule has 1 aliphatic rings. The van der Waals surface area contributed by atoms with E-state index >= 15 is 0 Å². The molecular weight excluding hydrogens is 316 g/mol. The monoisotopic (exact) mass is 332 g/mol. The lowest BCUT2D eigenvalue weighted by atomic mass is 10.2. The highest BCUT2D eigenvalue weighted by Crippen LogP contribution is 2.26. The molecule has 0 amide bonds. The third kappa shape index (κ3) is 2.77. The van der Waals surface area contributed by atoms with Gasteiger partial charge in [0.05, 0.1) is 4.90 Å². The van der Waals surface area contributed by atoms with E-state index in [0.717, 1.165) is 5.56 Å². The molecule has 0 bridgehead atoms. The molecule has 1 saturated heterocycles. The van der Waals surface area contributed by atoms with Crippen LogP contribution < -0.4 is 5.32 Å². The van der Waals surface area contributed by atoms with E-state index < -0.39 is 10.0 Å². The number of piperazine rings is 1. The summed E-state index contributed by atoms with van der Waals surface area (Å²) in [6.07, 6.45) is 0. The van der Waals surface area contributed by atoms with E-state index in [1.807, 2.05) is 19.9 Å². The van der Waals surface area contributed by atoms with Gasteiger partial charge in [-0.15, -0.1) is 0 Å². The number of benzene rings is 1. The van der Waals surface area contributed by atoms with Crippen LogP contribution in [0.5, 0.6) is 0 Å². The summed E-state index contributed by atoms with van der Waals surface area (Å²) in [4.78, 5) is 0.358. The predicted octanol–water partition coefficient (Wildman–Crippen LogP) is 1.74. The second-order valence-corrected chi connectivity index (χ2v) is 7.41. The minimum absolute atomic E-state index is 0.192. The SMILES string of the molecule is Cc1ccc(Br)c(S(=O)(=O)N2CCNC(C)C2)c1.